The Labute approximate surface area is 242 Å². The first-order valence-electron chi connectivity index (χ1n) is 13.9. The van der Waals surface area contributed by atoms with Crippen LogP contribution in [-0.2, 0) is 16.0 Å². The SMILES string of the molecule is Cc1ccc(N2C(=O)[C@H](CCC(=O)c3ccc(F)cc3)[C@H]2c2ccc(C[C@@H]3O[C@H](CO)[C@@H](O)[C@H](O)[C@H]3O)cc2O)cc1. The molecule has 7 atom stereocenters. The second-order valence-electron chi connectivity index (χ2n) is 11.0. The zero-order valence-electron chi connectivity index (χ0n) is 23.0. The summed E-state index contributed by atoms with van der Waals surface area (Å²) in [5.41, 5.74) is 3.07. The van der Waals surface area contributed by atoms with E-state index in [0.717, 1.165) is 5.56 Å². The second-order valence-corrected chi connectivity index (χ2v) is 11.0. The normalized spacial score (nSPS) is 27.5. The van der Waals surface area contributed by atoms with Gasteiger partial charge in [-0.05, 0) is 61.4 Å². The molecule has 3 aromatic carbocycles. The van der Waals surface area contributed by atoms with Crippen LogP contribution in [0.2, 0.25) is 0 Å². The first-order valence-corrected chi connectivity index (χ1v) is 13.9. The van der Waals surface area contributed by atoms with Crippen molar-refractivity contribution in [1.29, 1.82) is 0 Å². The van der Waals surface area contributed by atoms with Gasteiger partial charge in [-0.1, -0.05) is 29.8 Å². The molecule has 0 aromatic heterocycles. The van der Waals surface area contributed by atoms with Crippen molar-refractivity contribution >= 4 is 17.4 Å². The van der Waals surface area contributed by atoms with E-state index < -0.39 is 54.9 Å². The molecule has 42 heavy (non-hydrogen) atoms. The Balaban J connectivity index is 1.38. The van der Waals surface area contributed by atoms with E-state index >= 15 is 0 Å². The lowest BCUT2D eigenvalue weighted by Gasteiger charge is -2.48. The van der Waals surface area contributed by atoms with Gasteiger partial charge in [0, 0.05) is 29.7 Å². The molecular weight excluding hydrogens is 545 g/mol. The number of aryl methyl sites for hydroxylation is 1. The van der Waals surface area contributed by atoms with Crippen LogP contribution in [0, 0.1) is 18.7 Å². The number of aromatic hydroxyl groups is 1. The molecule has 10 heteroatoms. The summed E-state index contributed by atoms with van der Waals surface area (Å²) in [5.74, 6) is -1.52. The van der Waals surface area contributed by atoms with E-state index in [1.54, 1.807) is 17.0 Å². The lowest BCUT2D eigenvalue weighted by molar-refractivity contribution is -0.228. The van der Waals surface area contributed by atoms with Gasteiger partial charge < -0.3 is 35.2 Å². The highest BCUT2D eigenvalue weighted by molar-refractivity contribution is 6.04. The van der Waals surface area contributed by atoms with Gasteiger partial charge in [-0.15, -0.1) is 0 Å². The topological polar surface area (TPSA) is 148 Å². The molecule has 9 nitrogen and oxygen atoms in total. The number of hydrogen-bond acceptors (Lipinski definition) is 8. The molecule has 0 bridgehead atoms. The van der Waals surface area contributed by atoms with Crippen molar-refractivity contribution in [3.63, 3.8) is 0 Å². The smallest absolute Gasteiger partial charge is 0.233 e. The van der Waals surface area contributed by atoms with Crippen LogP contribution in [0.15, 0.2) is 66.7 Å². The highest BCUT2D eigenvalue weighted by Crippen LogP contribution is 2.48. The number of aliphatic hydroxyl groups excluding tert-OH is 4. The number of anilines is 1. The van der Waals surface area contributed by atoms with Crippen molar-refractivity contribution in [3.8, 4) is 5.75 Å². The van der Waals surface area contributed by atoms with Crippen LogP contribution >= 0.6 is 0 Å². The van der Waals surface area contributed by atoms with Gasteiger partial charge in [0.25, 0.3) is 0 Å². The largest absolute Gasteiger partial charge is 0.508 e. The standard InChI is InChI=1S/C32H34FNO8/c1-17-2-9-21(10-3-17)34-28(23(32(34)41)12-13-24(36)19-5-7-20(33)8-6-19)22-11-4-18(14-25(22)37)15-26-29(38)31(40)30(39)27(16-35)42-26/h2-11,14,23,26-31,35,37-40H,12-13,15-16H2,1H3/t23-,26+,27-,28-,29+,30-,31-/m1/s1. The maximum absolute atomic E-state index is 13.4. The van der Waals surface area contributed by atoms with E-state index in [1.807, 2.05) is 31.2 Å². The van der Waals surface area contributed by atoms with Gasteiger partial charge in [-0.3, -0.25) is 9.59 Å². The molecule has 0 radical (unpaired) electrons. The molecule has 0 saturated carbocycles. The van der Waals surface area contributed by atoms with Crippen LogP contribution in [0.5, 0.6) is 5.75 Å². The molecule has 0 aliphatic carbocycles. The Morgan fingerprint density at radius 1 is 0.929 bits per heavy atom. The fraction of sp³-hybridized carbons (Fsp3) is 0.375. The summed E-state index contributed by atoms with van der Waals surface area (Å²) in [5, 5.41) is 51.2. The van der Waals surface area contributed by atoms with Crippen molar-refractivity contribution in [2.75, 3.05) is 11.5 Å². The van der Waals surface area contributed by atoms with Crippen molar-refractivity contribution in [2.24, 2.45) is 5.92 Å². The summed E-state index contributed by atoms with van der Waals surface area (Å²) in [4.78, 5) is 27.8. The zero-order valence-corrected chi connectivity index (χ0v) is 23.0. The van der Waals surface area contributed by atoms with Crippen LogP contribution in [0.1, 0.15) is 45.9 Å². The molecule has 5 N–H and O–H groups in total. The number of halogens is 1. The number of benzene rings is 3. The number of aliphatic hydroxyl groups is 4. The number of β-lactam (4-membered cyclic amide) rings is 1. The fourth-order valence-electron chi connectivity index (χ4n) is 5.79. The summed E-state index contributed by atoms with van der Waals surface area (Å²) < 4.78 is 18.9. The average molecular weight is 580 g/mol. The number of ether oxygens (including phenoxy) is 1. The van der Waals surface area contributed by atoms with Gasteiger partial charge in [0.15, 0.2) is 5.78 Å². The Morgan fingerprint density at radius 2 is 1.60 bits per heavy atom. The minimum atomic E-state index is -1.50. The summed E-state index contributed by atoms with van der Waals surface area (Å²) in [6.45, 7) is 1.39. The number of carbonyl (C=O) groups excluding carboxylic acids is 2. The highest BCUT2D eigenvalue weighted by atomic mass is 19.1. The van der Waals surface area contributed by atoms with E-state index in [9.17, 15) is 39.5 Å². The van der Waals surface area contributed by atoms with Crippen LogP contribution in [0.3, 0.4) is 0 Å². The highest BCUT2D eigenvalue weighted by Gasteiger charge is 2.49. The number of amides is 1. The van der Waals surface area contributed by atoms with Crippen LogP contribution in [-0.4, -0.2) is 74.3 Å². The molecule has 2 fully saturated rings. The van der Waals surface area contributed by atoms with Crippen molar-refractivity contribution in [1.82, 2.24) is 0 Å². The number of nitrogens with zero attached hydrogens (tertiary/aromatic N) is 1. The van der Waals surface area contributed by atoms with Gasteiger partial charge in [0.2, 0.25) is 5.91 Å². The molecule has 2 saturated heterocycles. The molecule has 3 aromatic rings. The molecular formula is C32H34FNO8. The molecule has 0 spiro atoms. The summed E-state index contributed by atoms with van der Waals surface area (Å²) >= 11 is 0. The maximum Gasteiger partial charge on any atom is 0.233 e. The van der Waals surface area contributed by atoms with Crippen molar-refractivity contribution in [2.45, 2.75) is 62.7 Å². The zero-order chi connectivity index (χ0) is 30.1. The van der Waals surface area contributed by atoms with Crippen LogP contribution in [0.4, 0.5) is 10.1 Å². The summed E-state index contributed by atoms with van der Waals surface area (Å²) in [6, 6.07) is 17.0. The number of rotatable bonds is 9. The predicted octanol–water partition coefficient (Wildman–Crippen LogP) is 2.59. The van der Waals surface area contributed by atoms with Gasteiger partial charge in [0.05, 0.1) is 24.7 Å². The third kappa shape index (κ3) is 5.81. The van der Waals surface area contributed by atoms with Gasteiger partial charge in [-0.25, -0.2) is 4.39 Å². The molecule has 2 aliphatic rings. The van der Waals surface area contributed by atoms with E-state index in [-0.39, 0.29) is 36.7 Å². The van der Waals surface area contributed by atoms with Gasteiger partial charge in [-0.2, -0.15) is 0 Å². The number of phenols is 1. The van der Waals surface area contributed by atoms with E-state index in [2.05, 4.69) is 0 Å². The summed E-state index contributed by atoms with van der Waals surface area (Å²) in [7, 11) is 0. The van der Waals surface area contributed by atoms with E-state index in [0.29, 0.717) is 22.4 Å². The minimum absolute atomic E-state index is 0.0657. The van der Waals surface area contributed by atoms with Gasteiger partial charge >= 0.3 is 0 Å². The maximum atomic E-state index is 13.4. The Kier molecular flexibility index (Phi) is 8.72. The van der Waals surface area contributed by atoms with Gasteiger partial charge in [0.1, 0.15) is 36.0 Å². The molecule has 2 aliphatic heterocycles. The Bertz CT molecular complexity index is 1430. The lowest BCUT2D eigenvalue weighted by Crippen LogP contribution is -2.59. The molecule has 5 rings (SSSR count). The molecule has 1 amide bonds. The fourth-order valence-corrected chi connectivity index (χ4v) is 5.79. The quantitative estimate of drug-likeness (QED) is 0.192. The number of carbonyl (C=O) groups is 2. The third-order valence-corrected chi connectivity index (χ3v) is 8.22. The first-order chi connectivity index (χ1) is 20.1. The molecule has 2 heterocycles. The Morgan fingerprint density at radius 3 is 2.24 bits per heavy atom. The third-order valence-electron chi connectivity index (χ3n) is 8.22. The van der Waals surface area contributed by atoms with Crippen LogP contribution in [0.25, 0.3) is 0 Å². The lowest BCUT2D eigenvalue weighted by atomic mass is 9.77. The number of hydrogen-bond donors (Lipinski definition) is 5. The number of phenolic OH excluding ortho intramolecular Hbond substituents is 1. The predicted molar refractivity (Wildman–Crippen MR) is 150 cm³/mol. The van der Waals surface area contributed by atoms with E-state index in [1.165, 1.54) is 30.3 Å². The second kappa shape index (κ2) is 12.3. The average Bonchev–Trinajstić information content (AvgIpc) is 2.98. The van der Waals surface area contributed by atoms with Crippen molar-refractivity contribution in [3.05, 3.63) is 94.8 Å². The first kappa shape index (κ1) is 29.8. The Hall–Kier alpha value is -3.67. The molecule has 0 unspecified atom stereocenters. The number of ketones is 1. The molecule has 222 valence electrons. The number of Topliss-reactive ketones (excluding diaryl/α,β-unsaturated/α-hetero) is 1. The van der Waals surface area contributed by atoms with E-state index in [4.69, 9.17) is 4.74 Å². The summed E-state index contributed by atoms with van der Waals surface area (Å²) in [6.07, 6.45) is -5.98. The van der Waals surface area contributed by atoms with Crippen molar-refractivity contribution < 1.29 is 44.2 Å². The minimum Gasteiger partial charge on any atom is -0.508 e. The van der Waals surface area contributed by atoms with Crippen LogP contribution < -0.4 is 4.90 Å². The monoisotopic (exact) mass is 579 g/mol.